The minimum Gasteiger partial charge on any atom is -0.369 e. The first-order valence-electron chi connectivity index (χ1n) is 6.26. The Labute approximate surface area is 93.8 Å². The fourth-order valence-corrected chi connectivity index (χ4v) is 1.60. The highest BCUT2D eigenvalue weighted by molar-refractivity contribution is 5.75. The molecule has 0 aliphatic rings. The van der Waals surface area contributed by atoms with E-state index < -0.39 is 0 Å². The van der Waals surface area contributed by atoms with Gasteiger partial charge in [-0.05, 0) is 13.0 Å². The summed E-state index contributed by atoms with van der Waals surface area (Å²) in [4.78, 5) is 10.4. The molecule has 0 saturated carbocycles. The van der Waals surface area contributed by atoms with E-state index in [4.69, 9.17) is 5.73 Å². The van der Waals surface area contributed by atoms with Crippen molar-refractivity contribution in [1.29, 1.82) is 0 Å². The molecule has 0 aromatic heterocycles. The summed E-state index contributed by atoms with van der Waals surface area (Å²) in [5.74, 6) is -0.269. The van der Waals surface area contributed by atoms with Gasteiger partial charge in [0, 0.05) is 0 Å². The summed E-state index contributed by atoms with van der Waals surface area (Å²) in [5, 5.41) is 3.02. The number of unbranched alkanes of at least 4 members (excludes halogenated alkanes) is 7. The quantitative estimate of drug-likeness (QED) is 0.518. The van der Waals surface area contributed by atoms with Gasteiger partial charge < -0.3 is 11.1 Å². The summed E-state index contributed by atoms with van der Waals surface area (Å²) < 4.78 is 0. The van der Waals surface area contributed by atoms with Crippen LogP contribution in [0.1, 0.15) is 58.3 Å². The number of primary amides is 1. The maximum Gasteiger partial charge on any atom is 0.231 e. The molecule has 0 aliphatic carbocycles. The SMILES string of the molecule is CCCCCCCCCCNCC(N)=O. The number of amides is 1. The van der Waals surface area contributed by atoms with Crippen LogP contribution in [0.4, 0.5) is 0 Å². The molecule has 3 heteroatoms. The Morgan fingerprint density at radius 1 is 1.00 bits per heavy atom. The summed E-state index contributed by atoms with van der Waals surface area (Å²) in [6, 6.07) is 0. The zero-order chi connectivity index (χ0) is 11.4. The number of nitrogens with two attached hydrogens (primary N) is 1. The second-order valence-electron chi connectivity index (χ2n) is 4.12. The lowest BCUT2D eigenvalue weighted by Crippen LogP contribution is -2.29. The number of carbonyl (C=O) groups excluding carboxylic acids is 1. The van der Waals surface area contributed by atoms with Crippen molar-refractivity contribution in [2.75, 3.05) is 13.1 Å². The molecule has 0 radical (unpaired) electrons. The van der Waals surface area contributed by atoms with Crippen molar-refractivity contribution in [1.82, 2.24) is 5.32 Å². The van der Waals surface area contributed by atoms with E-state index in [-0.39, 0.29) is 5.91 Å². The number of hydrogen-bond acceptors (Lipinski definition) is 2. The van der Waals surface area contributed by atoms with E-state index in [9.17, 15) is 4.79 Å². The van der Waals surface area contributed by atoms with Crippen molar-refractivity contribution in [3.63, 3.8) is 0 Å². The second-order valence-corrected chi connectivity index (χ2v) is 4.12. The Morgan fingerprint density at radius 3 is 2.07 bits per heavy atom. The summed E-state index contributed by atoms with van der Waals surface area (Å²) in [7, 11) is 0. The van der Waals surface area contributed by atoms with Gasteiger partial charge in [0.1, 0.15) is 0 Å². The van der Waals surface area contributed by atoms with Crippen molar-refractivity contribution in [2.24, 2.45) is 5.73 Å². The molecule has 0 rings (SSSR count). The third-order valence-corrected chi connectivity index (χ3v) is 2.51. The van der Waals surface area contributed by atoms with E-state index in [1.54, 1.807) is 0 Å². The Morgan fingerprint density at radius 2 is 1.53 bits per heavy atom. The highest BCUT2D eigenvalue weighted by Crippen LogP contribution is 2.07. The number of rotatable bonds is 11. The molecular formula is C12H26N2O. The Kier molecular flexibility index (Phi) is 11.1. The largest absolute Gasteiger partial charge is 0.369 e. The lowest BCUT2D eigenvalue weighted by molar-refractivity contribution is -0.117. The molecule has 0 fully saturated rings. The number of carbonyl (C=O) groups is 1. The molecule has 0 spiro atoms. The Hall–Kier alpha value is -0.570. The summed E-state index contributed by atoms with van der Waals surface area (Å²) in [6.45, 7) is 3.47. The van der Waals surface area contributed by atoms with Gasteiger partial charge in [-0.15, -0.1) is 0 Å². The number of nitrogens with one attached hydrogen (secondary N) is 1. The first-order valence-corrected chi connectivity index (χ1v) is 6.26. The molecule has 0 bridgehead atoms. The molecule has 90 valence electrons. The molecule has 0 saturated heterocycles. The maximum absolute atomic E-state index is 10.4. The van der Waals surface area contributed by atoms with Crippen molar-refractivity contribution in [3.8, 4) is 0 Å². The Bertz CT molecular complexity index is 149. The molecule has 1 amide bonds. The van der Waals surface area contributed by atoms with Gasteiger partial charge in [-0.2, -0.15) is 0 Å². The minimum absolute atomic E-state index is 0.269. The topological polar surface area (TPSA) is 55.1 Å². The predicted octanol–water partition coefficient (Wildman–Crippen LogP) is 2.20. The zero-order valence-corrected chi connectivity index (χ0v) is 10.1. The first-order chi connectivity index (χ1) is 7.27. The zero-order valence-electron chi connectivity index (χ0n) is 10.1. The van der Waals surface area contributed by atoms with E-state index in [1.807, 2.05) is 0 Å². The van der Waals surface area contributed by atoms with E-state index >= 15 is 0 Å². The van der Waals surface area contributed by atoms with E-state index in [2.05, 4.69) is 12.2 Å². The molecule has 0 heterocycles. The normalized spacial score (nSPS) is 10.5. The van der Waals surface area contributed by atoms with Gasteiger partial charge in [-0.3, -0.25) is 4.79 Å². The smallest absolute Gasteiger partial charge is 0.231 e. The van der Waals surface area contributed by atoms with Gasteiger partial charge in [-0.25, -0.2) is 0 Å². The van der Waals surface area contributed by atoms with Gasteiger partial charge in [0.15, 0.2) is 0 Å². The highest BCUT2D eigenvalue weighted by atomic mass is 16.1. The average molecular weight is 214 g/mol. The van der Waals surface area contributed by atoms with Gasteiger partial charge in [0.2, 0.25) is 5.91 Å². The Balaban J connectivity index is 2.89. The monoisotopic (exact) mass is 214 g/mol. The molecule has 0 atom stereocenters. The molecular weight excluding hydrogens is 188 g/mol. The summed E-state index contributed by atoms with van der Waals surface area (Å²) in [6.07, 6.45) is 10.5. The third-order valence-electron chi connectivity index (χ3n) is 2.51. The summed E-state index contributed by atoms with van der Waals surface area (Å²) in [5.41, 5.74) is 5.00. The average Bonchev–Trinajstić information content (AvgIpc) is 2.20. The van der Waals surface area contributed by atoms with Gasteiger partial charge in [-0.1, -0.05) is 51.9 Å². The third kappa shape index (κ3) is 13.4. The van der Waals surface area contributed by atoms with Crippen LogP contribution in [0.25, 0.3) is 0 Å². The molecule has 3 nitrogen and oxygen atoms in total. The van der Waals surface area contributed by atoms with Crippen LogP contribution in [-0.4, -0.2) is 19.0 Å². The number of hydrogen-bond donors (Lipinski definition) is 2. The van der Waals surface area contributed by atoms with Crippen molar-refractivity contribution in [3.05, 3.63) is 0 Å². The van der Waals surface area contributed by atoms with Gasteiger partial charge >= 0.3 is 0 Å². The lowest BCUT2D eigenvalue weighted by atomic mass is 10.1. The van der Waals surface area contributed by atoms with Gasteiger partial charge in [0.05, 0.1) is 6.54 Å². The van der Waals surface area contributed by atoms with Crippen LogP contribution in [0.15, 0.2) is 0 Å². The molecule has 0 aromatic carbocycles. The molecule has 0 unspecified atom stereocenters. The lowest BCUT2D eigenvalue weighted by Gasteiger charge is -2.02. The van der Waals surface area contributed by atoms with Crippen LogP contribution in [-0.2, 0) is 4.79 Å². The fraction of sp³-hybridized carbons (Fsp3) is 0.917. The van der Waals surface area contributed by atoms with E-state index in [1.165, 1.54) is 44.9 Å². The molecule has 0 aromatic rings. The van der Waals surface area contributed by atoms with Crippen LogP contribution >= 0.6 is 0 Å². The van der Waals surface area contributed by atoms with E-state index in [0.29, 0.717) is 6.54 Å². The van der Waals surface area contributed by atoms with Crippen molar-refractivity contribution >= 4 is 5.91 Å². The standard InChI is InChI=1S/C12H26N2O/c1-2-3-4-5-6-7-8-9-10-14-11-12(13)15/h14H,2-11H2,1H3,(H2,13,15). The van der Waals surface area contributed by atoms with Gasteiger partial charge in [0.25, 0.3) is 0 Å². The predicted molar refractivity (Wildman–Crippen MR) is 64.7 cm³/mol. The maximum atomic E-state index is 10.4. The van der Waals surface area contributed by atoms with Crippen LogP contribution in [0.5, 0.6) is 0 Å². The van der Waals surface area contributed by atoms with Crippen molar-refractivity contribution < 1.29 is 4.79 Å². The second kappa shape index (κ2) is 11.5. The molecule has 3 N–H and O–H groups in total. The first kappa shape index (κ1) is 14.4. The van der Waals surface area contributed by atoms with Crippen LogP contribution in [0.2, 0.25) is 0 Å². The van der Waals surface area contributed by atoms with E-state index in [0.717, 1.165) is 13.0 Å². The fourth-order valence-electron chi connectivity index (χ4n) is 1.60. The van der Waals surface area contributed by atoms with Crippen LogP contribution in [0, 0.1) is 0 Å². The van der Waals surface area contributed by atoms with Crippen LogP contribution < -0.4 is 11.1 Å². The van der Waals surface area contributed by atoms with Crippen LogP contribution in [0.3, 0.4) is 0 Å². The highest BCUT2D eigenvalue weighted by Gasteiger charge is 1.93. The summed E-state index contributed by atoms with van der Waals surface area (Å²) >= 11 is 0. The molecule has 0 aliphatic heterocycles. The van der Waals surface area contributed by atoms with Crippen molar-refractivity contribution in [2.45, 2.75) is 58.3 Å². The minimum atomic E-state index is -0.269. The molecule has 15 heavy (non-hydrogen) atoms.